The molecule has 3 nitrogen and oxygen atoms in total. The number of benzene rings is 2. The highest BCUT2D eigenvalue weighted by molar-refractivity contribution is 9.10. The van der Waals surface area contributed by atoms with Crippen LogP contribution in [0.15, 0.2) is 67.2 Å². The Bertz CT molecular complexity index is 880. The SMILES string of the molecule is Cc1oc2ccc(Br)cc2c1S(=O)(=O)c1ccccc1. The topological polar surface area (TPSA) is 47.3 Å². The summed E-state index contributed by atoms with van der Waals surface area (Å²) >= 11 is 3.36. The maximum absolute atomic E-state index is 12.8. The van der Waals surface area contributed by atoms with E-state index >= 15 is 0 Å². The van der Waals surface area contributed by atoms with E-state index in [-0.39, 0.29) is 9.79 Å². The summed E-state index contributed by atoms with van der Waals surface area (Å²) in [6.07, 6.45) is 0. The third-order valence-corrected chi connectivity index (χ3v) is 5.52. The molecule has 0 radical (unpaired) electrons. The van der Waals surface area contributed by atoms with Gasteiger partial charge in [0.05, 0.1) is 4.90 Å². The van der Waals surface area contributed by atoms with Crippen LogP contribution in [0.5, 0.6) is 0 Å². The van der Waals surface area contributed by atoms with Gasteiger partial charge in [-0.25, -0.2) is 8.42 Å². The highest BCUT2D eigenvalue weighted by atomic mass is 79.9. The minimum absolute atomic E-state index is 0.236. The molecule has 0 atom stereocenters. The predicted molar refractivity (Wildman–Crippen MR) is 80.5 cm³/mol. The molecule has 1 heterocycles. The molecule has 2 aromatic carbocycles. The lowest BCUT2D eigenvalue weighted by Gasteiger charge is -2.03. The Morgan fingerprint density at radius 3 is 2.45 bits per heavy atom. The molecule has 3 rings (SSSR count). The van der Waals surface area contributed by atoms with Crippen LogP contribution in [-0.2, 0) is 9.84 Å². The smallest absolute Gasteiger partial charge is 0.210 e. The van der Waals surface area contributed by atoms with E-state index in [9.17, 15) is 8.42 Å². The van der Waals surface area contributed by atoms with Crippen LogP contribution in [0.1, 0.15) is 5.76 Å². The van der Waals surface area contributed by atoms with Crippen LogP contribution in [0.25, 0.3) is 11.0 Å². The van der Waals surface area contributed by atoms with Gasteiger partial charge in [-0.1, -0.05) is 34.1 Å². The van der Waals surface area contributed by atoms with Crippen LogP contribution in [0.2, 0.25) is 0 Å². The molecule has 1 aromatic heterocycles. The Balaban J connectivity index is 2.35. The van der Waals surface area contributed by atoms with E-state index in [4.69, 9.17) is 4.42 Å². The first-order chi connectivity index (χ1) is 9.50. The summed E-state index contributed by atoms with van der Waals surface area (Å²) in [4.78, 5) is 0.505. The standard InChI is InChI=1S/C15H11BrO3S/c1-10-15(13-9-11(16)7-8-14(13)19-10)20(17,18)12-5-3-2-4-6-12/h2-9H,1H3. The zero-order valence-electron chi connectivity index (χ0n) is 10.6. The van der Waals surface area contributed by atoms with E-state index in [0.717, 1.165) is 4.47 Å². The summed E-state index contributed by atoms with van der Waals surface area (Å²) in [7, 11) is -3.58. The second-order valence-electron chi connectivity index (χ2n) is 4.44. The molecule has 0 saturated carbocycles. The third-order valence-electron chi connectivity index (χ3n) is 3.09. The van der Waals surface area contributed by atoms with E-state index < -0.39 is 9.84 Å². The highest BCUT2D eigenvalue weighted by Crippen LogP contribution is 2.34. The quantitative estimate of drug-likeness (QED) is 0.690. The average Bonchev–Trinajstić information content (AvgIpc) is 2.75. The van der Waals surface area contributed by atoms with Crippen molar-refractivity contribution in [3.8, 4) is 0 Å². The molecule has 0 unspecified atom stereocenters. The summed E-state index contributed by atoms with van der Waals surface area (Å²) in [6, 6.07) is 13.7. The van der Waals surface area contributed by atoms with Gasteiger partial charge in [0.1, 0.15) is 16.2 Å². The molecule has 0 saturated heterocycles. The van der Waals surface area contributed by atoms with Gasteiger partial charge in [-0.15, -0.1) is 0 Å². The Morgan fingerprint density at radius 1 is 1.05 bits per heavy atom. The van der Waals surface area contributed by atoms with E-state index in [1.807, 2.05) is 6.07 Å². The molecule has 0 aliphatic carbocycles. The summed E-state index contributed by atoms with van der Waals surface area (Å²) in [6.45, 7) is 1.67. The molecular weight excluding hydrogens is 340 g/mol. The van der Waals surface area contributed by atoms with Crippen molar-refractivity contribution in [1.82, 2.24) is 0 Å². The fourth-order valence-electron chi connectivity index (χ4n) is 2.22. The number of rotatable bonds is 2. The minimum atomic E-state index is -3.58. The zero-order valence-corrected chi connectivity index (χ0v) is 13.0. The number of sulfone groups is 1. The van der Waals surface area contributed by atoms with Gasteiger partial charge in [0, 0.05) is 9.86 Å². The van der Waals surface area contributed by atoms with Gasteiger partial charge in [-0.3, -0.25) is 0 Å². The van der Waals surface area contributed by atoms with Gasteiger partial charge in [0.25, 0.3) is 0 Å². The van der Waals surface area contributed by atoms with E-state index in [2.05, 4.69) is 15.9 Å². The lowest BCUT2D eigenvalue weighted by molar-refractivity contribution is 0.557. The van der Waals surface area contributed by atoms with E-state index in [1.54, 1.807) is 49.4 Å². The fraction of sp³-hybridized carbons (Fsp3) is 0.0667. The Hall–Kier alpha value is -1.59. The summed E-state index contributed by atoms with van der Waals surface area (Å²) < 4.78 is 31.9. The largest absolute Gasteiger partial charge is 0.460 e. The molecule has 0 spiro atoms. The molecule has 0 N–H and O–H groups in total. The second-order valence-corrected chi connectivity index (χ2v) is 7.25. The number of furan rings is 1. The van der Waals surface area contributed by atoms with Crippen molar-refractivity contribution in [2.24, 2.45) is 0 Å². The van der Waals surface area contributed by atoms with Crippen molar-refractivity contribution < 1.29 is 12.8 Å². The first-order valence-corrected chi connectivity index (χ1v) is 8.26. The van der Waals surface area contributed by atoms with Gasteiger partial charge in [0.2, 0.25) is 9.84 Å². The Kier molecular flexibility index (Phi) is 3.18. The molecule has 102 valence electrons. The second kappa shape index (κ2) is 4.75. The summed E-state index contributed by atoms with van der Waals surface area (Å²) in [5, 5.41) is 0.598. The van der Waals surface area contributed by atoms with Crippen molar-refractivity contribution in [2.45, 2.75) is 16.7 Å². The monoisotopic (exact) mass is 350 g/mol. The molecular formula is C15H11BrO3S. The maximum Gasteiger partial charge on any atom is 0.210 e. The van der Waals surface area contributed by atoms with Crippen LogP contribution in [0.4, 0.5) is 0 Å². The first kappa shape index (κ1) is 13.4. The molecule has 0 fully saturated rings. The molecule has 0 aliphatic rings. The first-order valence-electron chi connectivity index (χ1n) is 5.99. The third kappa shape index (κ3) is 2.07. The van der Waals surface area contributed by atoms with E-state index in [0.29, 0.717) is 16.7 Å². The average molecular weight is 351 g/mol. The van der Waals surface area contributed by atoms with Gasteiger partial charge in [-0.05, 0) is 37.3 Å². The van der Waals surface area contributed by atoms with E-state index in [1.165, 1.54) is 0 Å². The molecule has 0 bridgehead atoms. The Morgan fingerprint density at radius 2 is 1.75 bits per heavy atom. The predicted octanol–water partition coefficient (Wildman–Crippen LogP) is 4.34. The van der Waals surface area contributed by atoms with Crippen LogP contribution in [0, 0.1) is 6.92 Å². The fourth-order valence-corrected chi connectivity index (χ4v) is 4.20. The lowest BCUT2D eigenvalue weighted by atomic mass is 10.2. The lowest BCUT2D eigenvalue weighted by Crippen LogP contribution is -2.02. The van der Waals surface area contributed by atoms with Gasteiger partial charge < -0.3 is 4.42 Å². The number of halogens is 1. The van der Waals surface area contributed by atoms with Gasteiger partial charge >= 0.3 is 0 Å². The molecule has 0 aliphatic heterocycles. The van der Waals surface area contributed by atoms with Crippen molar-refractivity contribution in [3.05, 3.63) is 58.8 Å². The van der Waals surface area contributed by atoms with Crippen molar-refractivity contribution in [3.63, 3.8) is 0 Å². The number of fused-ring (bicyclic) bond motifs is 1. The highest BCUT2D eigenvalue weighted by Gasteiger charge is 2.26. The number of aryl methyl sites for hydroxylation is 1. The van der Waals surface area contributed by atoms with Crippen molar-refractivity contribution in [1.29, 1.82) is 0 Å². The van der Waals surface area contributed by atoms with Crippen molar-refractivity contribution >= 4 is 36.7 Å². The number of hydrogen-bond donors (Lipinski definition) is 0. The minimum Gasteiger partial charge on any atom is -0.460 e. The van der Waals surface area contributed by atoms with Gasteiger partial charge in [0.15, 0.2) is 0 Å². The zero-order chi connectivity index (χ0) is 14.3. The summed E-state index contributed by atoms with van der Waals surface area (Å²) in [5.41, 5.74) is 0.570. The van der Waals surface area contributed by atoms with Crippen LogP contribution in [0.3, 0.4) is 0 Å². The summed E-state index contributed by atoms with van der Waals surface area (Å²) in [5.74, 6) is 0.405. The van der Waals surface area contributed by atoms with Crippen LogP contribution >= 0.6 is 15.9 Å². The maximum atomic E-state index is 12.8. The molecule has 0 amide bonds. The van der Waals surface area contributed by atoms with Crippen LogP contribution < -0.4 is 0 Å². The molecule has 5 heteroatoms. The molecule has 3 aromatic rings. The Labute approximate surface area is 125 Å². The van der Waals surface area contributed by atoms with Gasteiger partial charge in [-0.2, -0.15) is 0 Å². The number of hydrogen-bond acceptors (Lipinski definition) is 3. The van der Waals surface area contributed by atoms with Crippen molar-refractivity contribution in [2.75, 3.05) is 0 Å². The normalized spacial score (nSPS) is 11.9. The molecule has 20 heavy (non-hydrogen) atoms. The van der Waals surface area contributed by atoms with Crippen LogP contribution in [-0.4, -0.2) is 8.42 Å².